The maximum atomic E-state index is 12.9. The van der Waals surface area contributed by atoms with Crippen LogP contribution in [0, 0.1) is 0 Å². The molecular weight excluding hydrogens is 276 g/mol. The monoisotopic (exact) mass is 306 g/mol. The smallest absolute Gasteiger partial charge is 0.293 e. The van der Waals surface area contributed by atoms with Gasteiger partial charge in [0.15, 0.2) is 0 Å². The van der Waals surface area contributed by atoms with Gasteiger partial charge in [0.2, 0.25) is 5.82 Å². The van der Waals surface area contributed by atoms with E-state index >= 15 is 0 Å². The lowest BCUT2D eigenvalue weighted by Crippen LogP contribution is -2.47. The van der Waals surface area contributed by atoms with Crippen molar-refractivity contribution in [2.75, 3.05) is 6.54 Å². The molecule has 1 amide bonds. The third kappa shape index (κ3) is 3.18. The zero-order valence-electron chi connectivity index (χ0n) is 14.7. The zero-order valence-corrected chi connectivity index (χ0v) is 14.7. The van der Waals surface area contributed by atoms with E-state index in [0.717, 1.165) is 45.1 Å². The average molecular weight is 306 g/mol. The van der Waals surface area contributed by atoms with Gasteiger partial charge in [-0.25, -0.2) is 9.67 Å². The van der Waals surface area contributed by atoms with E-state index in [1.54, 1.807) is 11.0 Å². The molecule has 5 heteroatoms. The largest absolute Gasteiger partial charge is 0.330 e. The van der Waals surface area contributed by atoms with Gasteiger partial charge in [-0.15, -0.1) is 5.10 Å². The predicted octanol–water partition coefficient (Wildman–Crippen LogP) is 3.61. The number of hydrogen-bond acceptors (Lipinski definition) is 3. The summed E-state index contributed by atoms with van der Waals surface area (Å²) >= 11 is 0. The van der Waals surface area contributed by atoms with Crippen molar-refractivity contribution in [3.8, 4) is 0 Å². The Morgan fingerprint density at radius 3 is 2.41 bits per heavy atom. The maximum absolute atomic E-state index is 12.9. The molecule has 0 aliphatic carbocycles. The van der Waals surface area contributed by atoms with Crippen LogP contribution >= 0.6 is 0 Å². The first-order valence-electron chi connectivity index (χ1n) is 8.58. The van der Waals surface area contributed by atoms with Crippen LogP contribution < -0.4 is 0 Å². The molecule has 2 heterocycles. The summed E-state index contributed by atoms with van der Waals surface area (Å²) in [7, 11) is 0. The number of carbonyl (C=O) groups is 1. The van der Waals surface area contributed by atoms with E-state index in [4.69, 9.17) is 0 Å². The molecule has 0 aromatic carbocycles. The van der Waals surface area contributed by atoms with Crippen LogP contribution in [0.15, 0.2) is 6.33 Å². The van der Waals surface area contributed by atoms with Gasteiger partial charge in [0.25, 0.3) is 5.91 Å². The molecule has 0 N–H and O–H groups in total. The molecule has 1 aliphatic rings. The Morgan fingerprint density at radius 1 is 1.27 bits per heavy atom. The van der Waals surface area contributed by atoms with Crippen molar-refractivity contribution in [2.45, 2.75) is 84.2 Å². The van der Waals surface area contributed by atoms with Gasteiger partial charge in [0.1, 0.15) is 6.33 Å². The standard InChI is InChI=1S/C17H30N4O/c1-6-9-17(10-7-2)11-8-12-20(17)15(22)14-18-13-21(19-14)16(3,4)5/h13H,6-12H2,1-5H3. The van der Waals surface area contributed by atoms with Crippen molar-refractivity contribution in [3.63, 3.8) is 0 Å². The summed E-state index contributed by atoms with van der Waals surface area (Å²) in [6, 6.07) is 0. The fourth-order valence-corrected chi connectivity index (χ4v) is 3.64. The fourth-order valence-electron chi connectivity index (χ4n) is 3.64. The van der Waals surface area contributed by atoms with E-state index in [-0.39, 0.29) is 17.0 Å². The summed E-state index contributed by atoms with van der Waals surface area (Å²) in [5.41, 5.74) is -0.131. The summed E-state index contributed by atoms with van der Waals surface area (Å²) in [4.78, 5) is 19.3. The summed E-state index contributed by atoms with van der Waals surface area (Å²) in [6.45, 7) is 11.4. The first kappa shape index (κ1) is 17.0. The van der Waals surface area contributed by atoms with Crippen LogP contribution in [0.2, 0.25) is 0 Å². The Labute approximate surface area is 134 Å². The van der Waals surface area contributed by atoms with Crippen molar-refractivity contribution in [2.24, 2.45) is 0 Å². The summed E-state index contributed by atoms with van der Waals surface area (Å²) < 4.78 is 1.78. The van der Waals surface area contributed by atoms with Crippen LogP contribution in [0.3, 0.4) is 0 Å². The molecule has 1 fully saturated rings. The van der Waals surface area contributed by atoms with Crippen LogP contribution in [-0.4, -0.2) is 37.7 Å². The maximum Gasteiger partial charge on any atom is 0.293 e. The third-order valence-corrected chi connectivity index (χ3v) is 4.64. The minimum atomic E-state index is -0.152. The molecule has 2 rings (SSSR count). The highest BCUT2D eigenvalue weighted by atomic mass is 16.2. The molecule has 0 bridgehead atoms. The van der Waals surface area contributed by atoms with Crippen LogP contribution in [0.4, 0.5) is 0 Å². The van der Waals surface area contributed by atoms with Crippen molar-refractivity contribution in [1.82, 2.24) is 19.7 Å². The first-order chi connectivity index (χ1) is 10.3. The van der Waals surface area contributed by atoms with Gasteiger partial charge in [0, 0.05) is 12.1 Å². The Bertz CT molecular complexity index is 509. The second kappa shape index (κ2) is 6.39. The minimum Gasteiger partial charge on any atom is -0.330 e. The Morgan fingerprint density at radius 2 is 1.91 bits per heavy atom. The van der Waals surface area contributed by atoms with Crippen molar-refractivity contribution in [1.29, 1.82) is 0 Å². The van der Waals surface area contributed by atoms with Gasteiger partial charge in [0.05, 0.1) is 5.54 Å². The molecule has 1 saturated heterocycles. The number of aromatic nitrogens is 3. The highest BCUT2D eigenvalue weighted by molar-refractivity contribution is 5.91. The predicted molar refractivity (Wildman–Crippen MR) is 87.8 cm³/mol. The SMILES string of the molecule is CCCC1(CCC)CCCN1C(=O)c1ncn(C(C)(C)C)n1. The minimum absolute atomic E-state index is 0.00222. The van der Waals surface area contributed by atoms with E-state index in [9.17, 15) is 4.79 Å². The van der Waals surface area contributed by atoms with Crippen molar-refractivity contribution >= 4 is 5.91 Å². The lowest BCUT2D eigenvalue weighted by molar-refractivity contribution is 0.0536. The lowest BCUT2D eigenvalue weighted by atomic mass is 9.86. The van der Waals surface area contributed by atoms with Gasteiger partial charge in [-0.2, -0.15) is 0 Å². The average Bonchev–Trinajstić information content (AvgIpc) is 3.05. The lowest BCUT2D eigenvalue weighted by Gasteiger charge is -2.38. The van der Waals surface area contributed by atoms with Crippen LogP contribution in [0.5, 0.6) is 0 Å². The number of amides is 1. The summed E-state index contributed by atoms with van der Waals surface area (Å²) in [5, 5.41) is 4.43. The zero-order chi connectivity index (χ0) is 16.4. The summed E-state index contributed by atoms with van der Waals surface area (Å²) in [6.07, 6.45) is 8.23. The molecule has 1 aromatic heterocycles. The van der Waals surface area contributed by atoms with Crippen LogP contribution in [0.1, 0.15) is 83.8 Å². The normalized spacial score (nSPS) is 18.0. The van der Waals surface area contributed by atoms with E-state index in [1.807, 2.05) is 0 Å². The molecule has 5 nitrogen and oxygen atoms in total. The van der Waals surface area contributed by atoms with Crippen molar-refractivity contribution < 1.29 is 4.79 Å². The molecular formula is C17H30N4O. The Hall–Kier alpha value is -1.39. The number of hydrogen-bond donors (Lipinski definition) is 0. The Kier molecular flexibility index (Phi) is 4.93. The molecule has 1 aromatic rings. The Balaban J connectivity index is 2.25. The number of carbonyl (C=O) groups excluding carboxylic acids is 1. The molecule has 0 radical (unpaired) electrons. The quantitative estimate of drug-likeness (QED) is 0.835. The highest BCUT2D eigenvalue weighted by Gasteiger charge is 2.43. The molecule has 1 aliphatic heterocycles. The second-order valence-electron chi connectivity index (χ2n) is 7.47. The number of rotatable bonds is 5. The number of nitrogens with zero attached hydrogens (tertiary/aromatic N) is 4. The third-order valence-electron chi connectivity index (χ3n) is 4.64. The first-order valence-corrected chi connectivity index (χ1v) is 8.58. The molecule has 0 atom stereocenters. The van der Waals surface area contributed by atoms with Gasteiger partial charge in [-0.1, -0.05) is 26.7 Å². The van der Waals surface area contributed by atoms with E-state index in [1.165, 1.54) is 0 Å². The van der Waals surface area contributed by atoms with Gasteiger partial charge in [-0.05, 0) is 46.5 Å². The van der Waals surface area contributed by atoms with E-state index < -0.39 is 0 Å². The topological polar surface area (TPSA) is 51.0 Å². The van der Waals surface area contributed by atoms with Gasteiger partial charge in [-0.3, -0.25) is 4.79 Å². The summed E-state index contributed by atoms with van der Waals surface area (Å²) in [5.74, 6) is 0.343. The highest BCUT2D eigenvalue weighted by Crippen LogP contribution is 2.38. The fraction of sp³-hybridized carbons (Fsp3) is 0.824. The van der Waals surface area contributed by atoms with Crippen LogP contribution in [0.25, 0.3) is 0 Å². The molecule has 22 heavy (non-hydrogen) atoms. The van der Waals surface area contributed by atoms with E-state index in [2.05, 4.69) is 49.6 Å². The molecule has 124 valence electrons. The van der Waals surface area contributed by atoms with Gasteiger partial charge >= 0.3 is 0 Å². The van der Waals surface area contributed by atoms with Gasteiger partial charge < -0.3 is 4.90 Å². The molecule has 0 saturated carbocycles. The van der Waals surface area contributed by atoms with E-state index in [0.29, 0.717) is 5.82 Å². The second-order valence-corrected chi connectivity index (χ2v) is 7.47. The molecule has 0 spiro atoms. The number of likely N-dealkylation sites (tertiary alicyclic amines) is 1. The van der Waals surface area contributed by atoms with Crippen molar-refractivity contribution in [3.05, 3.63) is 12.2 Å². The molecule has 0 unspecified atom stereocenters. The van der Waals surface area contributed by atoms with Crippen LogP contribution in [-0.2, 0) is 5.54 Å².